The zero-order valence-electron chi connectivity index (χ0n) is 11.8. The van der Waals surface area contributed by atoms with Gasteiger partial charge in [-0.25, -0.2) is 4.79 Å². The molecule has 0 saturated carbocycles. The van der Waals surface area contributed by atoms with Crippen LogP contribution in [0.25, 0.3) is 0 Å². The molecule has 1 heterocycles. The lowest BCUT2D eigenvalue weighted by Gasteiger charge is -2.31. The second-order valence-electron chi connectivity index (χ2n) is 4.48. The number of esters is 1. The first-order valence-electron chi connectivity index (χ1n) is 6.55. The van der Waals surface area contributed by atoms with Crippen molar-refractivity contribution in [1.82, 2.24) is 4.90 Å². The number of carbonyl (C=O) groups excluding carboxylic acids is 1. The summed E-state index contributed by atoms with van der Waals surface area (Å²) in [5.41, 5.74) is 0. The van der Waals surface area contributed by atoms with E-state index in [0.29, 0.717) is 24.0 Å². The predicted molar refractivity (Wildman–Crippen MR) is 82.1 cm³/mol. The first-order valence-corrected chi connectivity index (χ1v) is 6.92. The van der Waals surface area contributed by atoms with Gasteiger partial charge in [-0.15, -0.1) is 12.4 Å². The van der Waals surface area contributed by atoms with Gasteiger partial charge < -0.3 is 14.2 Å². The summed E-state index contributed by atoms with van der Waals surface area (Å²) in [6.45, 7) is 4.62. The molecule has 1 aromatic rings. The molecule has 21 heavy (non-hydrogen) atoms. The fourth-order valence-corrected chi connectivity index (χ4v) is 2.04. The molecule has 2 rings (SSSR count). The van der Waals surface area contributed by atoms with Crippen molar-refractivity contribution < 1.29 is 19.0 Å². The van der Waals surface area contributed by atoms with Gasteiger partial charge in [0.1, 0.15) is 5.75 Å². The lowest BCUT2D eigenvalue weighted by molar-refractivity contribution is -0.163. The number of benzene rings is 1. The van der Waals surface area contributed by atoms with Crippen LogP contribution in [0.5, 0.6) is 5.75 Å². The highest BCUT2D eigenvalue weighted by molar-refractivity contribution is 6.30. The van der Waals surface area contributed by atoms with Crippen LogP contribution in [0.1, 0.15) is 6.92 Å². The molecule has 1 unspecified atom stereocenters. The molecule has 0 spiro atoms. The molecule has 0 bridgehead atoms. The van der Waals surface area contributed by atoms with Gasteiger partial charge in [-0.05, 0) is 31.2 Å². The van der Waals surface area contributed by atoms with Gasteiger partial charge >= 0.3 is 5.97 Å². The van der Waals surface area contributed by atoms with E-state index in [9.17, 15) is 4.79 Å². The maximum Gasteiger partial charge on any atom is 0.345 e. The van der Waals surface area contributed by atoms with Crippen molar-refractivity contribution in [1.29, 1.82) is 0 Å². The minimum Gasteiger partial charge on any atom is -0.482 e. The van der Waals surface area contributed by atoms with E-state index in [1.165, 1.54) is 0 Å². The zero-order chi connectivity index (χ0) is 14.4. The maximum absolute atomic E-state index is 11.7. The third kappa shape index (κ3) is 6.09. The van der Waals surface area contributed by atoms with Crippen LogP contribution in [-0.4, -0.2) is 50.0 Å². The first kappa shape index (κ1) is 18.0. The fourth-order valence-electron chi connectivity index (χ4n) is 1.91. The van der Waals surface area contributed by atoms with E-state index in [0.717, 1.165) is 13.1 Å². The number of carbonyl (C=O) groups is 1. The topological polar surface area (TPSA) is 48.0 Å². The molecule has 7 heteroatoms. The molecule has 0 aliphatic carbocycles. The summed E-state index contributed by atoms with van der Waals surface area (Å²) in [4.78, 5) is 13.8. The molecule has 5 nitrogen and oxygen atoms in total. The fraction of sp³-hybridized carbons (Fsp3) is 0.500. The van der Waals surface area contributed by atoms with Gasteiger partial charge in [0.25, 0.3) is 0 Å². The minimum atomic E-state index is -0.390. The summed E-state index contributed by atoms with van der Waals surface area (Å²) >= 11 is 5.77. The molecule has 1 saturated heterocycles. The number of hydrogen-bond acceptors (Lipinski definition) is 5. The summed E-state index contributed by atoms with van der Waals surface area (Å²) in [5.74, 6) is 0.198. The van der Waals surface area contributed by atoms with Crippen LogP contribution in [0.4, 0.5) is 0 Å². The smallest absolute Gasteiger partial charge is 0.345 e. The monoisotopic (exact) mass is 335 g/mol. The standard InChI is InChI=1S/C14H18ClNO4.ClH/c1-11(16-6-8-18-9-7-16)20-14(17)10-19-13-4-2-12(15)3-5-13;/h2-5,11H,6-10H2,1H3;1H. The average molecular weight is 336 g/mol. The number of morpholine rings is 1. The molecular weight excluding hydrogens is 317 g/mol. The van der Waals surface area contributed by atoms with Crippen LogP contribution in [0.15, 0.2) is 24.3 Å². The van der Waals surface area contributed by atoms with Gasteiger partial charge in [0.2, 0.25) is 0 Å². The predicted octanol–water partition coefficient (Wildman–Crippen LogP) is 2.36. The van der Waals surface area contributed by atoms with E-state index in [1.807, 2.05) is 6.92 Å². The van der Waals surface area contributed by atoms with Crippen molar-refractivity contribution in [3.63, 3.8) is 0 Å². The molecule has 0 amide bonds. The molecule has 1 aliphatic heterocycles. The quantitative estimate of drug-likeness (QED) is 0.773. The van der Waals surface area contributed by atoms with Crippen LogP contribution < -0.4 is 4.74 Å². The summed E-state index contributed by atoms with van der Waals surface area (Å²) in [7, 11) is 0. The van der Waals surface area contributed by atoms with Crippen LogP contribution in [-0.2, 0) is 14.3 Å². The largest absolute Gasteiger partial charge is 0.482 e. The molecule has 1 aromatic carbocycles. The number of nitrogens with zero attached hydrogens (tertiary/aromatic N) is 1. The van der Waals surface area contributed by atoms with Crippen molar-refractivity contribution in [2.75, 3.05) is 32.9 Å². The third-order valence-corrected chi connectivity index (χ3v) is 3.28. The highest BCUT2D eigenvalue weighted by Crippen LogP contribution is 2.15. The first-order chi connectivity index (χ1) is 9.65. The molecule has 0 aromatic heterocycles. The van der Waals surface area contributed by atoms with E-state index >= 15 is 0 Å². The molecule has 1 atom stereocenters. The molecule has 0 radical (unpaired) electrons. The van der Waals surface area contributed by atoms with E-state index < -0.39 is 0 Å². The van der Waals surface area contributed by atoms with Crippen molar-refractivity contribution in [3.05, 3.63) is 29.3 Å². The van der Waals surface area contributed by atoms with E-state index in [1.54, 1.807) is 24.3 Å². The Morgan fingerprint density at radius 1 is 1.33 bits per heavy atom. The van der Waals surface area contributed by atoms with Crippen LogP contribution >= 0.6 is 24.0 Å². The van der Waals surface area contributed by atoms with Crippen molar-refractivity contribution >= 4 is 30.0 Å². The molecule has 1 aliphatic rings. The third-order valence-electron chi connectivity index (χ3n) is 3.03. The number of rotatable bonds is 5. The van der Waals surface area contributed by atoms with Gasteiger partial charge in [-0.3, -0.25) is 4.90 Å². The maximum atomic E-state index is 11.7. The Bertz CT molecular complexity index is 435. The molecule has 118 valence electrons. The molecular formula is C14H19Cl2NO4. The summed E-state index contributed by atoms with van der Waals surface area (Å²) < 4.78 is 15.9. The lowest BCUT2D eigenvalue weighted by Crippen LogP contribution is -2.44. The second-order valence-corrected chi connectivity index (χ2v) is 4.92. The zero-order valence-corrected chi connectivity index (χ0v) is 13.4. The van der Waals surface area contributed by atoms with Crippen LogP contribution in [0, 0.1) is 0 Å². The normalized spacial score (nSPS) is 16.7. The SMILES string of the molecule is CC(OC(=O)COc1ccc(Cl)cc1)N1CCOCC1.Cl. The Morgan fingerprint density at radius 3 is 2.57 bits per heavy atom. The highest BCUT2D eigenvalue weighted by Gasteiger charge is 2.20. The Morgan fingerprint density at radius 2 is 1.95 bits per heavy atom. The molecule has 0 N–H and O–H groups in total. The Labute approximate surface area is 135 Å². The van der Waals surface area contributed by atoms with Gasteiger partial charge in [0, 0.05) is 18.1 Å². The van der Waals surface area contributed by atoms with Crippen LogP contribution in [0.2, 0.25) is 5.02 Å². The second kappa shape index (κ2) is 9.10. The Hall–Kier alpha value is -1.01. The van der Waals surface area contributed by atoms with E-state index in [4.69, 9.17) is 25.8 Å². The lowest BCUT2D eigenvalue weighted by atomic mass is 10.3. The van der Waals surface area contributed by atoms with E-state index in [-0.39, 0.29) is 31.2 Å². The van der Waals surface area contributed by atoms with Crippen LogP contribution in [0.3, 0.4) is 0 Å². The average Bonchev–Trinajstić information content (AvgIpc) is 2.47. The van der Waals surface area contributed by atoms with Gasteiger partial charge in [-0.2, -0.15) is 0 Å². The summed E-state index contributed by atoms with van der Waals surface area (Å²) in [6.07, 6.45) is -0.264. The van der Waals surface area contributed by atoms with Crippen molar-refractivity contribution in [3.8, 4) is 5.75 Å². The Kier molecular flexibility index (Phi) is 7.82. The summed E-state index contributed by atoms with van der Waals surface area (Å²) in [5, 5.41) is 0.626. The number of halogens is 2. The van der Waals surface area contributed by atoms with Crippen molar-refractivity contribution in [2.24, 2.45) is 0 Å². The van der Waals surface area contributed by atoms with E-state index in [2.05, 4.69) is 4.90 Å². The van der Waals surface area contributed by atoms with Gasteiger partial charge in [0.05, 0.1) is 13.2 Å². The number of ether oxygens (including phenoxy) is 3. The van der Waals surface area contributed by atoms with Gasteiger partial charge in [0.15, 0.2) is 12.8 Å². The van der Waals surface area contributed by atoms with Gasteiger partial charge in [-0.1, -0.05) is 11.6 Å². The molecule has 1 fully saturated rings. The minimum absolute atomic E-state index is 0. The van der Waals surface area contributed by atoms with Crippen molar-refractivity contribution in [2.45, 2.75) is 13.2 Å². The summed E-state index contributed by atoms with van der Waals surface area (Å²) in [6, 6.07) is 6.83. The number of hydrogen-bond donors (Lipinski definition) is 0. The Balaban J connectivity index is 0.00000220. The highest BCUT2D eigenvalue weighted by atomic mass is 35.5.